The maximum atomic E-state index is 11.2. The predicted molar refractivity (Wildman–Crippen MR) is 57.2 cm³/mol. The van der Waals surface area contributed by atoms with E-state index in [4.69, 9.17) is 5.73 Å². The molecule has 84 valence electrons. The molecule has 0 atom stereocenters. The lowest BCUT2D eigenvalue weighted by Crippen LogP contribution is -2.25. The molecule has 1 rings (SSSR count). The molecule has 0 spiro atoms. The third-order valence-corrected chi connectivity index (χ3v) is 1.71. The molecule has 1 heterocycles. The molecule has 0 saturated carbocycles. The molecule has 7 heteroatoms. The maximum absolute atomic E-state index is 11.2. The minimum Gasteiger partial charge on any atom is -0.368 e. The van der Waals surface area contributed by atoms with Crippen LogP contribution in [-0.2, 0) is 4.79 Å². The van der Waals surface area contributed by atoms with Gasteiger partial charge in [-0.25, -0.2) is 5.10 Å². The summed E-state index contributed by atoms with van der Waals surface area (Å²) < 4.78 is 0. The Morgan fingerprint density at radius 3 is 2.93 bits per heavy atom. The number of H-pyrrole nitrogens is 1. The number of aromatic nitrogens is 3. The van der Waals surface area contributed by atoms with Crippen molar-refractivity contribution in [2.45, 2.75) is 19.8 Å². The normalized spacial score (nSPS) is 9.93. The molecule has 0 unspecified atom stereocenters. The van der Waals surface area contributed by atoms with Gasteiger partial charge in [-0.05, 0) is 6.42 Å². The molecule has 0 fully saturated rings. The van der Waals surface area contributed by atoms with Crippen molar-refractivity contribution in [1.82, 2.24) is 20.5 Å². The minimum atomic E-state index is 0.0212. The third kappa shape index (κ3) is 4.30. The summed E-state index contributed by atoms with van der Waals surface area (Å²) >= 11 is 0. The van der Waals surface area contributed by atoms with Gasteiger partial charge in [0.15, 0.2) is 0 Å². The summed E-state index contributed by atoms with van der Waals surface area (Å²) in [5.74, 6) is 0.691. The molecule has 0 aliphatic carbocycles. The highest BCUT2D eigenvalue weighted by Crippen LogP contribution is 1.98. The van der Waals surface area contributed by atoms with Gasteiger partial charge in [0, 0.05) is 19.5 Å². The zero-order valence-electron chi connectivity index (χ0n) is 8.71. The quantitative estimate of drug-likeness (QED) is 0.518. The van der Waals surface area contributed by atoms with Crippen LogP contribution in [0, 0.1) is 0 Å². The number of anilines is 2. The van der Waals surface area contributed by atoms with Gasteiger partial charge in [0.05, 0.1) is 0 Å². The molecule has 1 aromatic rings. The van der Waals surface area contributed by atoms with Gasteiger partial charge < -0.3 is 16.4 Å². The van der Waals surface area contributed by atoms with Gasteiger partial charge in [-0.2, -0.15) is 4.98 Å². The Morgan fingerprint density at radius 1 is 1.53 bits per heavy atom. The molecule has 0 bridgehead atoms. The van der Waals surface area contributed by atoms with Crippen molar-refractivity contribution in [3.05, 3.63) is 0 Å². The molecule has 0 saturated heterocycles. The van der Waals surface area contributed by atoms with E-state index in [2.05, 4.69) is 25.8 Å². The zero-order valence-corrected chi connectivity index (χ0v) is 8.71. The van der Waals surface area contributed by atoms with Gasteiger partial charge in [-0.3, -0.25) is 4.79 Å². The average molecular weight is 212 g/mol. The summed E-state index contributed by atoms with van der Waals surface area (Å²) in [7, 11) is 0. The van der Waals surface area contributed by atoms with Crippen molar-refractivity contribution in [2.24, 2.45) is 0 Å². The first-order valence-electron chi connectivity index (χ1n) is 4.90. The molecular formula is C8H16N6O. The Kier molecular flexibility index (Phi) is 4.39. The summed E-state index contributed by atoms with van der Waals surface area (Å²) in [5.41, 5.74) is 5.33. The van der Waals surface area contributed by atoms with Crippen molar-refractivity contribution in [2.75, 3.05) is 24.1 Å². The van der Waals surface area contributed by atoms with Crippen LogP contribution in [0.3, 0.4) is 0 Å². The van der Waals surface area contributed by atoms with Crippen LogP contribution in [0.4, 0.5) is 11.9 Å². The van der Waals surface area contributed by atoms with E-state index in [0.717, 1.165) is 6.42 Å². The number of aromatic amines is 1. The monoisotopic (exact) mass is 212 g/mol. The zero-order chi connectivity index (χ0) is 11.1. The second kappa shape index (κ2) is 5.84. The summed E-state index contributed by atoms with van der Waals surface area (Å²) in [6, 6.07) is 0. The summed E-state index contributed by atoms with van der Waals surface area (Å²) in [4.78, 5) is 15.0. The number of nitrogens with zero attached hydrogens (tertiary/aromatic N) is 2. The molecule has 1 amide bonds. The van der Waals surface area contributed by atoms with Gasteiger partial charge >= 0.3 is 0 Å². The molecule has 0 aliphatic heterocycles. The highest BCUT2D eigenvalue weighted by atomic mass is 16.1. The first kappa shape index (κ1) is 11.3. The molecule has 1 aromatic heterocycles. The van der Waals surface area contributed by atoms with Crippen LogP contribution in [-0.4, -0.2) is 34.2 Å². The lowest BCUT2D eigenvalue weighted by Gasteiger charge is -2.03. The van der Waals surface area contributed by atoms with Crippen LogP contribution < -0.4 is 16.4 Å². The number of hydrogen-bond acceptors (Lipinski definition) is 5. The predicted octanol–water partition coefficient (Wildman–Crippen LogP) is -0.285. The number of nitrogen functional groups attached to an aromatic ring is 1. The van der Waals surface area contributed by atoms with E-state index in [1.807, 2.05) is 6.92 Å². The van der Waals surface area contributed by atoms with Crippen molar-refractivity contribution >= 4 is 17.8 Å². The number of nitrogens with one attached hydrogen (secondary N) is 3. The van der Waals surface area contributed by atoms with Crippen LogP contribution in [0.2, 0.25) is 0 Å². The SMILES string of the molecule is CCCNC(=O)CCNc1n[nH]c(N)n1. The van der Waals surface area contributed by atoms with Crippen LogP contribution in [0.25, 0.3) is 0 Å². The van der Waals surface area contributed by atoms with Gasteiger partial charge in [0.2, 0.25) is 17.8 Å². The van der Waals surface area contributed by atoms with Crippen LogP contribution in [0.5, 0.6) is 0 Å². The van der Waals surface area contributed by atoms with E-state index in [1.165, 1.54) is 0 Å². The smallest absolute Gasteiger partial charge is 0.243 e. The fourth-order valence-electron chi connectivity index (χ4n) is 0.994. The molecule has 0 aromatic carbocycles. The van der Waals surface area contributed by atoms with Crippen molar-refractivity contribution in [3.63, 3.8) is 0 Å². The van der Waals surface area contributed by atoms with Crippen molar-refractivity contribution in [3.8, 4) is 0 Å². The fraction of sp³-hybridized carbons (Fsp3) is 0.625. The molecule has 0 radical (unpaired) electrons. The second-order valence-corrected chi connectivity index (χ2v) is 3.07. The molecule has 7 nitrogen and oxygen atoms in total. The molecule has 5 N–H and O–H groups in total. The Hall–Kier alpha value is -1.79. The highest BCUT2D eigenvalue weighted by molar-refractivity contribution is 5.76. The number of amides is 1. The topological polar surface area (TPSA) is 109 Å². The van der Waals surface area contributed by atoms with Gasteiger partial charge in [-0.15, -0.1) is 5.10 Å². The van der Waals surface area contributed by atoms with Crippen LogP contribution in [0.1, 0.15) is 19.8 Å². The number of carbonyl (C=O) groups excluding carboxylic acids is 1. The first-order valence-corrected chi connectivity index (χ1v) is 4.90. The Labute approximate surface area is 87.8 Å². The van der Waals surface area contributed by atoms with E-state index in [-0.39, 0.29) is 11.9 Å². The fourth-order valence-corrected chi connectivity index (χ4v) is 0.994. The van der Waals surface area contributed by atoms with E-state index >= 15 is 0 Å². The lowest BCUT2D eigenvalue weighted by molar-refractivity contribution is -0.120. The Balaban J connectivity index is 2.13. The van der Waals surface area contributed by atoms with Gasteiger partial charge in [-0.1, -0.05) is 6.92 Å². The van der Waals surface area contributed by atoms with E-state index < -0.39 is 0 Å². The van der Waals surface area contributed by atoms with E-state index in [0.29, 0.717) is 25.5 Å². The molecular weight excluding hydrogens is 196 g/mol. The number of rotatable bonds is 6. The summed E-state index contributed by atoms with van der Waals surface area (Å²) in [5, 5.41) is 11.9. The number of hydrogen-bond donors (Lipinski definition) is 4. The standard InChI is InChI=1S/C8H16N6O/c1-2-4-10-6(15)3-5-11-8-12-7(9)13-14-8/h2-5H2,1H3,(H,10,15)(H4,9,11,12,13,14). The molecule has 0 aliphatic rings. The molecule has 15 heavy (non-hydrogen) atoms. The maximum Gasteiger partial charge on any atom is 0.243 e. The Morgan fingerprint density at radius 2 is 2.33 bits per heavy atom. The number of carbonyl (C=O) groups is 1. The minimum absolute atomic E-state index is 0.0212. The van der Waals surface area contributed by atoms with Crippen molar-refractivity contribution < 1.29 is 4.79 Å². The van der Waals surface area contributed by atoms with E-state index in [9.17, 15) is 4.79 Å². The summed E-state index contributed by atoms with van der Waals surface area (Å²) in [6.45, 7) is 3.22. The van der Waals surface area contributed by atoms with Crippen molar-refractivity contribution in [1.29, 1.82) is 0 Å². The largest absolute Gasteiger partial charge is 0.368 e. The Bertz CT molecular complexity index is 310. The third-order valence-electron chi connectivity index (χ3n) is 1.71. The van der Waals surface area contributed by atoms with Gasteiger partial charge in [0.1, 0.15) is 0 Å². The highest BCUT2D eigenvalue weighted by Gasteiger charge is 2.01. The van der Waals surface area contributed by atoms with Gasteiger partial charge in [0.25, 0.3) is 0 Å². The second-order valence-electron chi connectivity index (χ2n) is 3.07. The average Bonchev–Trinajstić information content (AvgIpc) is 2.61. The lowest BCUT2D eigenvalue weighted by atomic mass is 10.4. The van der Waals surface area contributed by atoms with Crippen LogP contribution in [0.15, 0.2) is 0 Å². The first-order chi connectivity index (χ1) is 7.22. The van der Waals surface area contributed by atoms with Crippen LogP contribution >= 0.6 is 0 Å². The summed E-state index contributed by atoms with van der Waals surface area (Å²) in [6.07, 6.45) is 1.34. The van der Waals surface area contributed by atoms with E-state index in [1.54, 1.807) is 0 Å². The number of nitrogens with two attached hydrogens (primary N) is 1.